The van der Waals surface area contributed by atoms with E-state index in [0.29, 0.717) is 29.5 Å². The molecule has 2 N–H and O–H groups in total. The number of piperidine rings is 1. The van der Waals surface area contributed by atoms with E-state index in [1.54, 1.807) is 6.07 Å². The zero-order chi connectivity index (χ0) is 14.7. The number of likely N-dealkylation sites (tertiary alicyclic amines) is 1. The Morgan fingerprint density at radius 3 is 2.85 bits per heavy atom. The lowest BCUT2D eigenvalue weighted by Gasteiger charge is -2.30. The molecule has 1 fully saturated rings. The van der Waals surface area contributed by atoms with Crippen LogP contribution in [0.5, 0.6) is 0 Å². The van der Waals surface area contributed by atoms with Crippen LogP contribution >= 0.6 is 15.9 Å². The fraction of sp³-hybridized carbons (Fsp3) is 0.385. The molecule has 108 valence electrons. The largest absolute Gasteiger partial charge is 0.481 e. The Kier molecular flexibility index (Phi) is 4.59. The molecule has 1 aromatic carbocycles. The van der Waals surface area contributed by atoms with Gasteiger partial charge in [-0.2, -0.15) is 0 Å². The maximum atomic E-state index is 13.4. The van der Waals surface area contributed by atoms with Gasteiger partial charge in [-0.3, -0.25) is 4.79 Å². The van der Waals surface area contributed by atoms with Crippen LogP contribution in [0.1, 0.15) is 12.8 Å². The van der Waals surface area contributed by atoms with E-state index in [0.717, 1.165) is 0 Å². The molecular weight excluding hydrogens is 331 g/mol. The van der Waals surface area contributed by atoms with E-state index < -0.39 is 23.7 Å². The van der Waals surface area contributed by atoms with Crippen molar-refractivity contribution in [2.45, 2.75) is 12.8 Å². The molecule has 1 heterocycles. The number of hydrogen-bond acceptors (Lipinski definition) is 2. The topological polar surface area (TPSA) is 69.6 Å². The third-order valence-electron chi connectivity index (χ3n) is 3.23. The van der Waals surface area contributed by atoms with Gasteiger partial charge in [-0.15, -0.1) is 0 Å². The molecule has 0 spiro atoms. The van der Waals surface area contributed by atoms with E-state index in [-0.39, 0.29) is 6.54 Å². The molecule has 2 amide bonds. The van der Waals surface area contributed by atoms with Crippen LogP contribution in [0.4, 0.5) is 14.9 Å². The molecule has 0 bridgehead atoms. The van der Waals surface area contributed by atoms with E-state index in [4.69, 9.17) is 5.11 Å². The van der Waals surface area contributed by atoms with Crippen molar-refractivity contribution in [2.75, 3.05) is 18.4 Å². The molecule has 1 atom stereocenters. The Balaban J connectivity index is 2.00. The Morgan fingerprint density at radius 2 is 2.20 bits per heavy atom. The number of carbonyl (C=O) groups is 2. The number of benzene rings is 1. The van der Waals surface area contributed by atoms with Crippen LogP contribution in [-0.4, -0.2) is 35.1 Å². The lowest BCUT2D eigenvalue weighted by atomic mass is 9.99. The fourth-order valence-corrected chi connectivity index (χ4v) is 2.39. The van der Waals surface area contributed by atoms with Crippen LogP contribution in [-0.2, 0) is 4.79 Å². The van der Waals surface area contributed by atoms with Crippen LogP contribution in [0.25, 0.3) is 0 Å². The van der Waals surface area contributed by atoms with Gasteiger partial charge in [0.25, 0.3) is 0 Å². The number of hydrogen-bond donors (Lipinski definition) is 2. The Hall–Kier alpha value is -1.63. The molecule has 1 saturated heterocycles. The van der Waals surface area contributed by atoms with Crippen molar-refractivity contribution in [3.63, 3.8) is 0 Å². The molecular formula is C13H14BrFN2O3. The van der Waals surface area contributed by atoms with Crippen molar-refractivity contribution in [2.24, 2.45) is 5.92 Å². The van der Waals surface area contributed by atoms with Gasteiger partial charge in [0.15, 0.2) is 0 Å². The number of nitrogens with one attached hydrogen (secondary N) is 1. The average Bonchev–Trinajstić information content (AvgIpc) is 2.43. The molecule has 5 nitrogen and oxygen atoms in total. The lowest BCUT2D eigenvalue weighted by Crippen LogP contribution is -2.44. The maximum absolute atomic E-state index is 13.4. The van der Waals surface area contributed by atoms with Crippen LogP contribution in [0.3, 0.4) is 0 Å². The minimum atomic E-state index is -0.891. The van der Waals surface area contributed by atoms with Crippen LogP contribution in [0.15, 0.2) is 22.7 Å². The van der Waals surface area contributed by atoms with Crippen LogP contribution in [0, 0.1) is 11.7 Å². The first kappa shape index (κ1) is 14.8. The van der Waals surface area contributed by atoms with Crippen molar-refractivity contribution >= 4 is 33.6 Å². The van der Waals surface area contributed by atoms with E-state index >= 15 is 0 Å². The maximum Gasteiger partial charge on any atom is 0.321 e. The van der Waals surface area contributed by atoms with Gasteiger partial charge in [0.05, 0.1) is 10.4 Å². The highest BCUT2D eigenvalue weighted by molar-refractivity contribution is 9.10. The Bertz CT molecular complexity index is 538. The van der Waals surface area contributed by atoms with Gasteiger partial charge in [-0.05, 0) is 47.0 Å². The molecule has 7 heteroatoms. The number of amides is 2. The highest BCUT2D eigenvalue weighted by Gasteiger charge is 2.28. The highest BCUT2D eigenvalue weighted by Crippen LogP contribution is 2.21. The highest BCUT2D eigenvalue weighted by atomic mass is 79.9. The molecule has 1 aliphatic rings. The summed E-state index contributed by atoms with van der Waals surface area (Å²) in [7, 11) is 0. The third kappa shape index (κ3) is 3.47. The number of halogens is 2. The number of carboxylic acids is 1. The summed E-state index contributed by atoms with van der Waals surface area (Å²) in [5.74, 6) is -1.89. The second-order valence-corrected chi connectivity index (χ2v) is 5.54. The van der Waals surface area contributed by atoms with Crippen molar-refractivity contribution in [1.82, 2.24) is 4.90 Å². The first-order valence-corrected chi connectivity index (χ1v) is 7.00. The minimum Gasteiger partial charge on any atom is -0.481 e. The third-order valence-corrected chi connectivity index (χ3v) is 3.87. The molecule has 2 rings (SSSR count). The lowest BCUT2D eigenvalue weighted by molar-refractivity contribution is -0.143. The molecule has 0 saturated carbocycles. The zero-order valence-electron chi connectivity index (χ0n) is 10.6. The molecule has 1 aromatic rings. The quantitative estimate of drug-likeness (QED) is 0.866. The predicted octanol–water partition coefficient (Wildman–Crippen LogP) is 2.92. The van der Waals surface area contributed by atoms with Crippen molar-refractivity contribution in [1.29, 1.82) is 0 Å². The Morgan fingerprint density at radius 1 is 1.45 bits per heavy atom. The van der Waals surface area contributed by atoms with Crippen molar-refractivity contribution < 1.29 is 19.1 Å². The minimum absolute atomic E-state index is 0.181. The van der Waals surface area contributed by atoms with E-state index in [2.05, 4.69) is 21.2 Å². The van der Waals surface area contributed by atoms with Crippen molar-refractivity contribution in [3.8, 4) is 0 Å². The van der Waals surface area contributed by atoms with Crippen LogP contribution < -0.4 is 5.32 Å². The van der Waals surface area contributed by atoms with E-state index in [9.17, 15) is 14.0 Å². The summed E-state index contributed by atoms with van der Waals surface area (Å²) in [6, 6.07) is 3.88. The van der Waals surface area contributed by atoms with Gasteiger partial charge in [-0.1, -0.05) is 0 Å². The van der Waals surface area contributed by atoms with Gasteiger partial charge >= 0.3 is 12.0 Å². The van der Waals surface area contributed by atoms with E-state index in [1.165, 1.54) is 17.0 Å². The van der Waals surface area contributed by atoms with Gasteiger partial charge in [0, 0.05) is 18.8 Å². The first-order chi connectivity index (χ1) is 9.47. The second kappa shape index (κ2) is 6.21. The van der Waals surface area contributed by atoms with Crippen molar-refractivity contribution in [3.05, 3.63) is 28.5 Å². The normalized spacial score (nSPS) is 18.7. The van der Waals surface area contributed by atoms with Crippen LogP contribution in [0.2, 0.25) is 0 Å². The number of anilines is 1. The first-order valence-electron chi connectivity index (χ1n) is 6.21. The molecule has 0 unspecified atom stereocenters. The summed E-state index contributed by atoms with van der Waals surface area (Å²) >= 11 is 3.03. The molecule has 0 radical (unpaired) electrons. The Labute approximate surface area is 123 Å². The zero-order valence-corrected chi connectivity index (χ0v) is 12.2. The molecule has 0 aromatic heterocycles. The predicted molar refractivity (Wildman–Crippen MR) is 75.1 cm³/mol. The van der Waals surface area contributed by atoms with E-state index in [1.807, 2.05) is 0 Å². The number of nitrogens with zero attached hydrogens (tertiary/aromatic N) is 1. The fourth-order valence-electron chi connectivity index (χ4n) is 2.14. The molecule has 20 heavy (non-hydrogen) atoms. The number of carbonyl (C=O) groups excluding carboxylic acids is 1. The average molecular weight is 345 g/mol. The molecule has 0 aliphatic carbocycles. The number of rotatable bonds is 2. The summed E-state index contributed by atoms with van der Waals surface area (Å²) in [5.41, 5.74) is 0.341. The van der Waals surface area contributed by atoms with Gasteiger partial charge in [-0.25, -0.2) is 9.18 Å². The summed E-state index contributed by atoms with van der Waals surface area (Å²) in [6.07, 6.45) is 1.23. The number of carboxylic acid groups (broad SMARTS) is 1. The number of urea groups is 1. The number of aliphatic carboxylic acids is 1. The van der Waals surface area contributed by atoms with Gasteiger partial charge in [0.2, 0.25) is 0 Å². The van der Waals surface area contributed by atoms with Gasteiger partial charge < -0.3 is 15.3 Å². The standard InChI is InChI=1S/C13H14BrFN2O3/c14-10-4-3-9(6-11(10)15)16-13(20)17-5-1-2-8(7-17)12(18)19/h3-4,6,8H,1-2,5,7H2,(H,16,20)(H,18,19)/t8-/m1/s1. The smallest absolute Gasteiger partial charge is 0.321 e. The summed E-state index contributed by atoms with van der Waals surface area (Å²) in [6.45, 7) is 0.689. The second-order valence-electron chi connectivity index (χ2n) is 4.68. The van der Waals surface area contributed by atoms with Gasteiger partial charge in [0.1, 0.15) is 5.82 Å². The monoisotopic (exact) mass is 344 g/mol. The summed E-state index contributed by atoms with van der Waals surface area (Å²) < 4.78 is 13.7. The molecule has 1 aliphatic heterocycles. The summed E-state index contributed by atoms with van der Waals surface area (Å²) in [4.78, 5) is 24.4. The SMILES string of the molecule is O=C(O)[C@@H]1CCCN(C(=O)Nc2ccc(Br)c(F)c2)C1. The summed E-state index contributed by atoms with van der Waals surface area (Å²) in [5, 5.41) is 11.6.